The summed E-state index contributed by atoms with van der Waals surface area (Å²) in [4.78, 5) is 4.15. The molecule has 0 saturated heterocycles. The average Bonchev–Trinajstić information content (AvgIpc) is 2.34. The number of aromatic nitrogens is 1. The van der Waals surface area contributed by atoms with Crippen LogP contribution in [0.3, 0.4) is 0 Å². The monoisotopic (exact) mass is 247 g/mol. The minimum absolute atomic E-state index is 0.424. The van der Waals surface area contributed by atoms with Gasteiger partial charge in [-0.15, -0.1) is 0 Å². The normalized spacial score (nSPS) is 10.2. The maximum atomic E-state index is 5.83. The van der Waals surface area contributed by atoms with Gasteiger partial charge in [-0.3, -0.25) is 0 Å². The van der Waals surface area contributed by atoms with Crippen molar-refractivity contribution in [2.45, 2.75) is 13.3 Å². The van der Waals surface area contributed by atoms with Crippen molar-refractivity contribution in [3.05, 3.63) is 47.1 Å². The number of hydrogen-bond acceptors (Lipinski definition) is 3. The highest BCUT2D eigenvalue weighted by molar-refractivity contribution is 6.29. The highest BCUT2D eigenvalue weighted by atomic mass is 35.5. The van der Waals surface area contributed by atoms with Crippen LogP contribution in [0.5, 0.6) is 0 Å². The molecule has 0 aliphatic carbocycles. The maximum absolute atomic E-state index is 5.83. The van der Waals surface area contributed by atoms with Crippen LogP contribution in [-0.2, 0) is 6.42 Å². The molecule has 1 aromatic heterocycles. The average molecular weight is 248 g/mol. The van der Waals surface area contributed by atoms with Gasteiger partial charge in [0.05, 0.1) is 5.69 Å². The Kier molecular flexibility index (Phi) is 3.49. The fraction of sp³-hybridized carbons (Fsp3) is 0.154. The van der Waals surface area contributed by atoms with Gasteiger partial charge in [0, 0.05) is 5.69 Å². The van der Waals surface area contributed by atoms with E-state index in [1.165, 1.54) is 5.56 Å². The molecule has 0 unspecified atom stereocenters. The van der Waals surface area contributed by atoms with E-state index in [1.807, 2.05) is 12.1 Å². The van der Waals surface area contributed by atoms with Gasteiger partial charge in [-0.2, -0.15) is 0 Å². The van der Waals surface area contributed by atoms with Gasteiger partial charge < -0.3 is 11.1 Å². The lowest BCUT2D eigenvalue weighted by Crippen LogP contribution is -1.99. The van der Waals surface area contributed by atoms with Crippen molar-refractivity contribution in [2.24, 2.45) is 0 Å². The van der Waals surface area contributed by atoms with Gasteiger partial charge in [-0.25, -0.2) is 4.98 Å². The van der Waals surface area contributed by atoms with Gasteiger partial charge >= 0.3 is 0 Å². The summed E-state index contributed by atoms with van der Waals surface area (Å²) in [5.74, 6) is 0.589. The molecule has 0 radical (unpaired) electrons. The van der Waals surface area contributed by atoms with Gasteiger partial charge in [-0.05, 0) is 36.2 Å². The maximum Gasteiger partial charge on any atom is 0.155 e. The van der Waals surface area contributed by atoms with Crippen LogP contribution in [0.1, 0.15) is 12.5 Å². The number of anilines is 3. The summed E-state index contributed by atoms with van der Waals surface area (Å²) in [5.41, 5.74) is 8.63. The second-order valence-electron chi connectivity index (χ2n) is 3.75. The van der Waals surface area contributed by atoms with Crippen molar-refractivity contribution in [1.82, 2.24) is 4.98 Å². The first-order valence-corrected chi connectivity index (χ1v) is 5.85. The highest BCUT2D eigenvalue weighted by Gasteiger charge is 2.02. The Hall–Kier alpha value is -1.74. The number of rotatable bonds is 3. The molecule has 4 heteroatoms. The van der Waals surface area contributed by atoms with E-state index in [4.69, 9.17) is 17.3 Å². The number of nitrogens with two attached hydrogens (primary N) is 1. The van der Waals surface area contributed by atoms with Gasteiger partial charge in [0.15, 0.2) is 5.82 Å². The Labute approximate surface area is 106 Å². The molecule has 2 aromatic rings. The molecule has 0 saturated carbocycles. The molecule has 2 rings (SSSR count). The molecule has 0 aliphatic heterocycles. The van der Waals surface area contributed by atoms with Crippen molar-refractivity contribution in [1.29, 1.82) is 0 Å². The Balaban J connectivity index is 2.27. The third-order valence-electron chi connectivity index (χ3n) is 2.49. The molecular formula is C13H14ClN3. The smallest absolute Gasteiger partial charge is 0.155 e. The zero-order chi connectivity index (χ0) is 12.3. The molecule has 0 aliphatic rings. The number of pyridine rings is 1. The van der Waals surface area contributed by atoms with Gasteiger partial charge in [0.25, 0.3) is 0 Å². The largest absolute Gasteiger partial charge is 0.396 e. The summed E-state index contributed by atoms with van der Waals surface area (Å²) in [5, 5.41) is 3.59. The first kappa shape index (κ1) is 11.7. The Morgan fingerprint density at radius 2 is 2.12 bits per heavy atom. The minimum atomic E-state index is 0.424. The van der Waals surface area contributed by atoms with Crippen LogP contribution < -0.4 is 11.1 Å². The van der Waals surface area contributed by atoms with E-state index < -0.39 is 0 Å². The lowest BCUT2D eigenvalue weighted by Gasteiger charge is -2.09. The van der Waals surface area contributed by atoms with Crippen LogP contribution in [0.2, 0.25) is 5.15 Å². The number of hydrogen-bond donors (Lipinski definition) is 2. The standard InChI is InChI=1S/C13H14ClN3/c1-2-9-4-3-5-10(8-9)16-13-11(15)6-7-12(14)17-13/h3-8H,2,15H2,1H3,(H,16,17). The second-order valence-corrected chi connectivity index (χ2v) is 4.14. The molecule has 1 aromatic carbocycles. The molecule has 0 fully saturated rings. The predicted molar refractivity (Wildman–Crippen MR) is 72.8 cm³/mol. The SMILES string of the molecule is CCc1cccc(Nc2nc(Cl)ccc2N)c1. The number of benzene rings is 1. The van der Waals surface area contributed by atoms with Crippen LogP contribution in [0.25, 0.3) is 0 Å². The van der Waals surface area contributed by atoms with Crippen molar-refractivity contribution in [3.8, 4) is 0 Å². The number of nitrogen functional groups attached to an aromatic ring is 1. The molecule has 3 nitrogen and oxygen atoms in total. The van der Waals surface area contributed by atoms with Crippen LogP contribution >= 0.6 is 11.6 Å². The summed E-state index contributed by atoms with van der Waals surface area (Å²) in [6.45, 7) is 2.12. The molecule has 17 heavy (non-hydrogen) atoms. The van der Waals surface area contributed by atoms with Crippen LogP contribution in [0.4, 0.5) is 17.2 Å². The number of nitrogens with zero attached hydrogens (tertiary/aromatic N) is 1. The van der Waals surface area contributed by atoms with E-state index in [2.05, 4.69) is 29.4 Å². The fourth-order valence-corrected chi connectivity index (χ4v) is 1.70. The molecule has 88 valence electrons. The zero-order valence-electron chi connectivity index (χ0n) is 9.57. The Bertz CT molecular complexity index is 526. The van der Waals surface area contributed by atoms with Gasteiger partial charge in [-0.1, -0.05) is 30.7 Å². The molecular weight excluding hydrogens is 234 g/mol. The fourth-order valence-electron chi connectivity index (χ4n) is 1.55. The van der Waals surface area contributed by atoms with Crippen LogP contribution in [-0.4, -0.2) is 4.98 Å². The first-order chi connectivity index (χ1) is 8.19. The van der Waals surface area contributed by atoms with E-state index in [0.29, 0.717) is 16.7 Å². The molecule has 0 spiro atoms. The molecule has 3 N–H and O–H groups in total. The van der Waals surface area contributed by atoms with Crippen LogP contribution in [0.15, 0.2) is 36.4 Å². The lowest BCUT2D eigenvalue weighted by atomic mass is 10.1. The highest BCUT2D eigenvalue weighted by Crippen LogP contribution is 2.23. The third-order valence-corrected chi connectivity index (χ3v) is 2.70. The topological polar surface area (TPSA) is 50.9 Å². The van der Waals surface area contributed by atoms with Crippen molar-refractivity contribution in [2.75, 3.05) is 11.1 Å². The summed E-state index contributed by atoms with van der Waals surface area (Å²) >= 11 is 5.83. The van der Waals surface area contributed by atoms with E-state index in [-0.39, 0.29) is 0 Å². The van der Waals surface area contributed by atoms with E-state index in [1.54, 1.807) is 12.1 Å². The summed E-state index contributed by atoms with van der Waals surface area (Å²) < 4.78 is 0. The van der Waals surface area contributed by atoms with Gasteiger partial charge in [0.2, 0.25) is 0 Å². The minimum Gasteiger partial charge on any atom is -0.396 e. The first-order valence-electron chi connectivity index (χ1n) is 5.47. The molecule has 0 amide bonds. The lowest BCUT2D eigenvalue weighted by molar-refractivity contribution is 1.14. The predicted octanol–water partition coefficient (Wildman–Crippen LogP) is 3.62. The Morgan fingerprint density at radius 1 is 1.29 bits per heavy atom. The quantitative estimate of drug-likeness (QED) is 0.815. The van der Waals surface area contributed by atoms with E-state index >= 15 is 0 Å². The number of nitrogens with one attached hydrogen (secondary N) is 1. The van der Waals surface area contributed by atoms with Crippen molar-refractivity contribution < 1.29 is 0 Å². The summed E-state index contributed by atoms with van der Waals surface area (Å²) in [6, 6.07) is 11.5. The van der Waals surface area contributed by atoms with Crippen molar-refractivity contribution in [3.63, 3.8) is 0 Å². The third kappa shape index (κ3) is 2.88. The number of halogens is 1. The van der Waals surface area contributed by atoms with E-state index in [9.17, 15) is 0 Å². The summed E-state index contributed by atoms with van der Waals surface area (Å²) in [6.07, 6.45) is 0.994. The van der Waals surface area contributed by atoms with E-state index in [0.717, 1.165) is 12.1 Å². The zero-order valence-corrected chi connectivity index (χ0v) is 10.3. The van der Waals surface area contributed by atoms with Crippen molar-refractivity contribution >= 4 is 28.8 Å². The summed E-state index contributed by atoms with van der Waals surface area (Å²) in [7, 11) is 0. The Morgan fingerprint density at radius 3 is 2.88 bits per heavy atom. The number of aryl methyl sites for hydroxylation is 1. The van der Waals surface area contributed by atoms with Gasteiger partial charge in [0.1, 0.15) is 5.15 Å². The second kappa shape index (κ2) is 5.06. The molecule has 0 atom stereocenters. The molecule has 0 bridgehead atoms. The van der Waals surface area contributed by atoms with Crippen LogP contribution in [0, 0.1) is 0 Å². The molecule has 1 heterocycles.